The highest BCUT2D eigenvalue weighted by molar-refractivity contribution is 5.79. The fraction of sp³-hybridized carbons (Fsp3) is 0.481. The zero-order valence-electron chi connectivity index (χ0n) is 21.3. The predicted molar refractivity (Wildman–Crippen MR) is 136 cm³/mol. The summed E-state index contributed by atoms with van der Waals surface area (Å²) < 4.78 is 15.9. The van der Waals surface area contributed by atoms with Gasteiger partial charge in [0, 0.05) is 32.2 Å². The fourth-order valence-corrected chi connectivity index (χ4v) is 5.30. The smallest absolute Gasteiger partial charge is 0.415 e. The summed E-state index contributed by atoms with van der Waals surface area (Å²) in [6.45, 7) is 2.58. The summed E-state index contributed by atoms with van der Waals surface area (Å²) in [4.78, 5) is 39.7. The average molecular weight is 512 g/mol. The molecular formula is C27H33N3O7. The Morgan fingerprint density at radius 1 is 0.865 bits per heavy atom. The van der Waals surface area contributed by atoms with E-state index in [1.807, 2.05) is 23.1 Å². The van der Waals surface area contributed by atoms with Crippen LogP contribution in [0.2, 0.25) is 0 Å². The number of para-hydroxylation sites is 2. The van der Waals surface area contributed by atoms with Gasteiger partial charge < -0.3 is 24.0 Å². The minimum Gasteiger partial charge on any atom is -0.493 e. The Labute approximate surface area is 216 Å². The third-order valence-corrected chi connectivity index (χ3v) is 7.42. The molecule has 2 aromatic carbocycles. The second-order valence-corrected chi connectivity index (χ2v) is 9.50. The molecule has 2 saturated heterocycles. The van der Waals surface area contributed by atoms with Crippen molar-refractivity contribution in [1.82, 2.24) is 9.80 Å². The van der Waals surface area contributed by atoms with Gasteiger partial charge in [-0.25, -0.2) is 4.79 Å². The standard InChI is InChI=1S/C27H33N3O7/c1-35-24-8-7-19(17-25(24)36-2)18-26(31)28-13-9-20(10-14-28)21-11-15-29(16-12-21)27(32)37-23-6-4-3-5-22(23)30(33)34/h3-8,17,20-21H,9-16,18H2,1-2H3. The number of likely N-dealkylation sites (tertiary alicyclic amines) is 2. The van der Waals surface area contributed by atoms with Gasteiger partial charge in [-0.3, -0.25) is 14.9 Å². The van der Waals surface area contributed by atoms with Gasteiger partial charge in [0.25, 0.3) is 0 Å². The van der Waals surface area contributed by atoms with E-state index >= 15 is 0 Å². The van der Waals surface area contributed by atoms with E-state index < -0.39 is 11.0 Å². The van der Waals surface area contributed by atoms with Crippen molar-refractivity contribution in [3.05, 3.63) is 58.1 Å². The van der Waals surface area contributed by atoms with Crippen molar-refractivity contribution in [3.63, 3.8) is 0 Å². The molecule has 0 unspecified atom stereocenters. The number of amides is 2. The van der Waals surface area contributed by atoms with Crippen LogP contribution in [0.25, 0.3) is 0 Å². The zero-order chi connectivity index (χ0) is 26.4. The molecule has 37 heavy (non-hydrogen) atoms. The minimum absolute atomic E-state index is 0.0373. The first-order valence-corrected chi connectivity index (χ1v) is 12.6. The third kappa shape index (κ3) is 6.31. The average Bonchev–Trinajstić information content (AvgIpc) is 2.93. The van der Waals surface area contributed by atoms with Crippen LogP contribution < -0.4 is 14.2 Å². The molecule has 0 radical (unpaired) electrons. The lowest BCUT2D eigenvalue weighted by Gasteiger charge is -2.40. The summed E-state index contributed by atoms with van der Waals surface area (Å²) in [5, 5.41) is 11.2. The first-order chi connectivity index (χ1) is 17.9. The molecule has 10 nitrogen and oxygen atoms in total. The molecule has 0 spiro atoms. The number of piperidine rings is 2. The van der Waals surface area contributed by atoms with Gasteiger partial charge in [-0.15, -0.1) is 0 Å². The summed E-state index contributed by atoms with van der Waals surface area (Å²) in [5.74, 6) is 2.32. The van der Waals surface area contributed by atoms with Crippen LogP contribution in [0.1, 0.15) is 31.2 Å². The number of benzene rings is 2. The molecule has 198 valence electrons. The molecule has 10 heteroatoms. The topological polar surface area (TPSA) is 111 Å². The van der Waals surface area contributed by atoms with Crippen molar-refractivity contribution in [2.24, 2.45) is 11.8 Å². The highest BCUT2D eigenvalue weighted by atomic mass is 16.6. The van der Waals surface area contributed by atoms with E-state index in [-0.39, 0.29) is 17.3 Å². The lowest BCUT2D eigenvalue weighted by Crippen LogP contribution is -2.45. The van der Waals surface area contributed by atoms with Crippen molar-refractivity contribution >= 4 is 17.7 Å². The Bertz CT molecular complexity index is 1120. The molecular weight excluding hydrogens is 478 g/mol. The van der Waals surface area contributed by atoms with E-state index in [1.54, 1.807) is 25.2 Å². The van der Waals surface area contributed by atoms with Crippen molar-refractivity contribution in [3.8, 4) is 17.2 Å². The lowest BCUT2D eigenvalue weighted by molar-refractivity contribution is -0.385. The van der Waals surface area contributed by atoms with E-state index in [4.69, 9.17) is 14.2 Å². The molecule has 0 atom stereocenters. The summed E-state index contributed by atoms with van der Waals surface area (Å²) >= 11 is 0. The van der Waals surface area contributed by atoms with E-state index in [0.717, 1.165) is 44.3 Å². The summed E-state index contributed by atoms with van der Waals surface area (Å²) in [5.41, 5.74) is 0.669. The van der Waals surface area contributed by atoms with E-state index in [2.05, 4.69) is 0 Å². The van der Waals surface area contributed by atoms with Crippen LogP contribution in [-0.4, -0.2) is 67.1 Å². The molecule has 2 amide bonds. The van der Waals surface area contributed by atoms with Gasteiger partial charge in [-0.05, 0) is 61.3 Å². The number of methoxy groups -OCH3 is 2. The monoisotopic (exact) mass is 511 g/mol. The number of ether oxygens (including phenoxy) is 3. The SMILES string of the molecule is COc1ccc(CC(=O)N2CCC(C3CCN(C(=O)Oc4ccccc4[N+](=O)[O-])CC3)CC2)cc1OC. The van der Waals surface area contributed by atoms with Crippen LogP contribution >= 0.6 is 0 Å². The molecule has 2 aliphatic heterocycles. The summed E-state index contributed by atoms with van der Waals surface area (Å²) in [6, 6.07) is 11.4. The molecule has 0 saturated carbocycles. The predicted octanol–water partition coefficient (Wildman–Crippen LogP) is 4.30. The first-order valence-electron chi connectivity index (χ1n) is 12.6. The van der Waals surface area contributed by atoms with Crippen molar-refractivity contribution in [1.29, 1.82) is 0 Å². The van der Waals surface area contributed by atoms with Crippen molar-refractivity contribution < 1.29 is 28.7 Å². The van der Waals surface area contributed by atoms with Crippen LogP contribution in [0.4, 0.5) is 10.5 Å². The molecule has 2 heterocycles. The molecule has 2 aromatic rings. The molecule has 0 N–H and O–H groups in total. The van der Waals surface area contributed by atoms with Gasteiger partial charge in [-0.2, -0.15) is 0 Å². The molecule has 4 rings (SSSR count). The van der Waals surface area contributed by atoms with Gasteiger partial charge in [0.15, 0.2) is 11.5 Å². The Hall–Kier alpha value is -3.82. The summed E-state index contributed by atoms with van der Waals surface area (Å²) in [6.07, 6.45) is 3.38. The van der Waals surface area contributed by atoms with Crippen LogP contribution in [0, 0.1) is 22.0 Å². The number of carbonyl (C=O) groups is 2. The van der Waals surface area contributed by atoms with Crippen LogP contribution in [0.5, 0.6) is 17.2 Å². The molecule has 0 aromatic heterocycles. The number of nitro benzene ring substituents is 1. The second kappa shape index (κ2) is 11.9. The maximum Gasteiger partial charge on any atom is 0.415 e. The van der Waals surface area contributed by atoms with Crippen molar-refractivity contribution in [2.45, 2.75) is 32.1 Å². The number of carbonyl (C=O) groups excluding carboxylic acids is 2. The van der Waals surface area contributed by atoms with Gasteiger partial charge >= 0.3 is 11.8 Å². The van der Waals surface area contributed by atoms with Crippen LogP contribution in [0.15, 0.2) is 42.5 Å². The Morgan fingerprint density at radius 3 is 2.05 bits per heavy atom. The Kier molecular flexibility index (Phi) is 8.47. The van der Waals surface area contributed by atoms with Crippen molar-refractivity contribution in [2.75, 3.05) is 40.4 Å². The quantitative estimate of drug-likeness (QED) is 0.402. The van der Waals surface area contributed by atoms with Gasteiger partial charge in [0.05, 0.1) is 25.6 Å². The highest BCUT2D eigenvalue weighted by Gasteiger charge is 2.33. The number of hydrogen-bond donors (Lipinski definition) is 0. The summed E-state index contributed by atoms with van der Waals surface area (Å²) in [7, 11) is 3.16. The van der Waals surface area contributed by atoms with E-state index in [0.29, 0.717) is 42.8 Å². The Balaban J connectivity index is 1.23. The maximum atomic E-state index is 12.9. The maximum absolute atomic E-state index is 12.9. The molecule has 0 aliphatic carbocycles. The molecule has 0 bridgehead atoms. The largest absolute Gasteiger partial charge is 0.493 e. The number of nitro groups is 1. The minimum atomic E-state index is -0.556. The fourth-order valence-electron chi connectivity index (χ4n) is 5.30. The van der Waals surface area contributed by atoms with E-state index in [9.17, 15) is 19.7 Å². The van der Waals surface area contributed by atoms with E-state index in [1.165, 1.54) is 18.2 Å². The van der Waals surface area contributed by atoms with Gasteiger partial charge in [0.1, 0.15) is 0 Å². The second-order valence-electron chi connectivity index (χ2n) is 9.50. The zero-order valence-corrected chi connectivity index (χ0v) is 21.3. The van der Waals surface area contributed by atoms with Crippen LogP contribution in [0.3, 0.4) is 0 Å². The van der Waals surface area contributed by atoms with Crippen LogP contribution in [-0.2, 0) is 11.2 Å². The molecule has 2 fully saturated rings. The van der Waals surface area contributed by atoms with Gasteiger partial charge in [0.2, 0.25) is 11.7 Å². The van der Waals surface area contributed by atoms with Gasteiger partial charge in [-0.1, -0.05) is 18.2 Å². The molecule has 2 aliphatic rings. The number of hydrogen-bond acceptors (Lipinski definition) is 7. The number of rotatable bonds is 7. The lowest BCUT2D eigenvalue weighted by atomic mass is 9.79. The Morgan fingerprint density at radius 2 is 1.46 bits per heavy atom. The first kappa shape index (κ1) is 26.2. The normalized spacial score (nSPS) is 16.8. The number of nitrogens with zero attached hydrogens (tertiary/aromatic N) is 3. The highest BCUT2D eigenvalue weighted by Crippen LogP contribution is 2.34. The third-order valence-electron chi connectivity index (χ3n) is 7.42.